The summed E-state index contributed by atoms with van der Waals surface area (Å²) in [4.78, 5) is 39.7. The Morgan fingerprint density at radius 2 is 1.96 bits per heavy atom. The van der Waals surface area contributed by atoms with E-state index in [1.54, 1.807) is 6.92 Å². The summed E-state index contributed by atoms with van der Waals surface area (Å²) >= 11 is 0. The molecule has 1 atom stereocenters. The van der Waals surface area contributed by atoms with Crippen molar-refractivity contribution in [3.63, 3.8) is 0 Å². The van der Waals surface area contributed by atoms with Crippen LogP contribution >= 0.6 is 0 Å². The minimum absolute atomic E-state index is 0.0514. The van der Waals surface area contributed by atoms with E-state index in [1.807, 2.05) is 42.2 Å². The summed E-state index contributed by atoms with van der Waals surface area (Å²) in [5.74, 6) is -1.69. The molecule has 2 rings (SSSR count). The van der Waals surface area contributed by atoms with Crippen LogP contribution in [0.5, 0.6) is 0 Å². The second kappa shape index (κ2) is 7.55. The van der Waals surface area contributed by atoms with Gasteiger partial charge < -0.3 is 0 Å². The maximum Gasteiger partial charge on any atom is 0.263 e. The Balaban J connectivity index is 2.41. The lowest BCUT2D eigenvalue weighted by atomic mass is 9.86. The number of carbonyl (C=O) groups is 3. The lowest BCUT2D eigenvalue weighted by molar-refractivity contribution is -0.165. The van der Waals surface area contributed by atoms with E-state index >= 15 is 0 Å². The fourth-order valence-corrected chi connectivity index (χ4v) is 2.98. The maximum atomic E-state index is 13.1. The molecule has 1 aliphatic rings. The first-order chi connectivity index (χ1) is 11.4. The smallest absolute Gasteiger partial charge is 0.263 e. The normalized spacial score (nSPS) is 21.9. The number of nitrogens with one attached hydrogen (secondary N) is 1. The van der Waals surface area contributed by atoms with Crippen LogP contribution in [0.4, 0.5) is 0 Å². The number of unbranched alkanes of at least 4 members (excludes halogenated alkanes) is 1. The number of hydrogen-bond acceptors (Lipinski definition) is 5. The molecule has 0 spiro atoms. The summed E-state index contributed by atoms with van der Waals surface area (Å²) in [6.45, 7) is 4.00. The first-order valence-electron chi connectivity index (χ1n) is 8.03. The summed E-state index contributed by atoms with van der Waals surface area (Å²) in [5, 5.41) is 8.69. The van der Waals surface area contributed by atoms with E-state index in [0.29, 0.717) is 6.54 Å². The second-order valence-electron chi connectivity index (χ2n) is 6.03. The molecule has 0 radical (unpaired) electrons. The Morgan fingerprint density at radius 3 is 2.54 bits per heavy atom. The highest BCUT2D eigenvalue weighted by molar-refractivity contribution is 6.05. The van der Waals surface area contributed by atoms with Gasteiger partial charge in [0.1, 0.15) is 12.1 Å². The van der Waals surface area contributed by atoms with Crippen molar-refractivity contribution in [3.05, 3.63) is 35.9 Å². The summed E-state index contributed by atoms with van der Waals surface area (Å²) in [6.07, 6.45) is 1.81. The molecular weight excluding hydrogens is 310 g/mol. The van der Waals surface area contributed by atoms with Crippen molar-refractivity contribution < 1.29 is 19.6 Å². The topological polar surface area (TPSA) is 90.0 Å². The third kappa shape index (κ3) is 3.32. The molecule has 1 fully saturated rings. The number of hydroxylamine groups is 1. The van der Waals surface area contributed by atoms with Crippen LogP contribution < -0.4 is 5.48 Å². The molecule has 130 valence electrons. The molecule has 24 heavy (non-hydrogen) atoms. The van der Waals surface area contributed by atoms with E-state index in [1.165, 1.54) is 5.48 Å². The number of nitrogens with zero attached hydrogens (tertiary/aromatic N) is 2. The monoisotopic (exact) mass is 333 g/mol. The van der Waals surface area contributed by atoms with Crippen molar-refractivity contribution in [2.75, 3.05) is 19.6 Å². The zero-order valence-corrected chi connectivity index (χ0v) is 14.0. The molecule has 0 aliphatic carbocycles. The Kier molecular flexibility index (Phi) is 5.69. The second-order valence-corrected chi connectivity index (χ2v) is 6.03. The molecule has 0 aromatic heterocycles. The molecule has 1 unspecified atom stereocenters. The molecule has 1 aromatic rings. The summed E-state index contributed by atoms with van der Waals surface area (Å²) in [7, 11) is 0. The number of piperazine rings is 1. The zero-order valence-electron chi connectivity index (χ0n) is 14.0. The molecule has 7 heteroatoms. The van der Waals surface area contributed by atoms with Crippen LogP contribution in [-0.2, 0) is 19.9 Å². The van der Waals surface area contributed by atoms with Crippen molar-refractivity contribution in [1.82, 2.24) is 15.3 Å². The third-order valence-electron chi connectivity index (χ3n) is 4.47. The van der Waals surface area contributed by atoms with E-state index in [-0.39, 0.29) is 6.54 Å². The summed E-state index contributed by atoms with van der Waals surface area (Å²) < 4.78 is 0. The van der Waals surface area contributed by atoms with E-state index in [2.05, 4.69) is 0 Å². The molecule has 7 nitrogen and oxygen atoms in total. The van der Waals surface area contributed by atoms with Gasteiger partial charge in [-0.3, -0.25) is 29.4 Å². The van der Waals surface area contributed by atoms with Gasteiger partial charge in [-0.05, 0) is 18.9 Å². The van der Waals surface area contributed by atoms with Crippen LogP contribution in [0.25, 0.3) is 0 Å². The maximum absolute atomic E-state index is 13.1. The zero-order chi connectivity index (χ0) is 17.7. The van der Waals surface area contributed by atoms with Gasteiger partial charge in [0.15, 0.2) is 0 Å². The highest BCUT2D eigenvalue weighted by Gasteiger charge is 2.50. The van der Waals surface area contributed by atoms with Gasteiger partial charge in [-0.25, -0.2) is 5.48 Å². The average molecular weight is 333 g/mol. The highest BCUT2D eigenvalue weighted by atomic mass is 16.5. The Morgan fingerprint density at radius 1 is 1.29 bits per heavy atom. The predicted octanol–water partition coefficient (Wildman–Crippen LogP) is 0.878. The Labute approximate surface area is 141 Å². The van der Waals surface area contributed by atoms with Crippen molar-refractivity contribution in [1.29, 1.82) is 0 Å². The van der Waals surface area contributed by atoms with E-state index in [4.69, 9.17) is 5.21 Å². The van der Waals surface area contributed by atoms with Crippen LogP contribution in [0.2, 0.25) is 0 Å². The van der Waals surface area contributed by atoms with Gasteiger partial charge in [0.25, 0.3) is 11.8 Å². The largest absolute Gasteiger partial charge is 0.289 e. The number of carbonyl (C=O) groups excluding carboxylic acids is 3. The predicted molar refractivity (Wildman–Crippen MR) is 86.9 cm³/mol. The molecule has 0 saturated carbocycles. The number of benzene rings is 1. The number of rotatable bonds is 6. The molecule has 1 heterocycles. The van der Waals surface area contributed by atoms with Crippen molar-refractivity contribution in [2.45, 2.75) is 32.2 Å². The number of hydrogen-bond donors (Lipinski definition) is 2. The van der Waals surface area contributed by atoms with Gasteiger partial charge >= 0.3 is 0 Å². The molecule has 1 saturated heterocycles. The first-order valence-corrected chi connectivity index (χ1v) is 8.03. The van der Waals surface area contributed by atoms with Gasteiger partial charge in [-0.1, -0.05) is 43.7 Å². The van der Waals surface area contributed by atoms with Gasteiger partial charge in [-0.2, -0.15) is 0 Å². The molecular formula is C17H23N3O4. The minimum Gasteiger partial charge on any atom is -0.289 e. The number of imide groups is 1. The minimum atomic E-state index is -1.03. The first kappa shape index (κ1) is 18.1. The molecule has 0 bridgehead atoms. The van der Waals surface area contributed by atoms with Gasteiger partial charge in [0, 0.05) is 6.54 Å². The van der Waals surface area contributed by atoms with Crippen molar-refractivity contribution in [3.8, 4) is 0 Å². The van der Waals surface area contributed by atoms with Crippen LogP contribution in [0.1, 0.15) is 32.3 Å². The average Bonchev–Trinajstić information content (AvgIpc) is 2.61. The molecule has 2 N–H and O–H groups in total. The lowest BCUT2D eigenvalue weighted by Crippen LogP contribution is -2.65. The van der Waals surface area contributed by atoms with Crippen molar-refractivity contribution in [2.24, 2.45) is 0 Å². The van der Waals surface area contributed by atoms with Crippen LogP contribution in [0.15, 0.2) is 30.3 Å². The van der Waals surface area contributed by atoms with Crippen LogP contribution in [-0.4, -0.2) is 52.4 Å². The number of amides is 3. The summed E-state index contributed by atoms with van der Waals surface area (Å²) in [6, 6.07) is 9.23. The summed E-state index contributed by atoms with van der Waals surface area (Å²) in [5.41, 5.74) is 1.21. The Bertz CT molecular complexity index is 620. The molecule has 3 amide bonds. The van der Waals surface area contributed by atoms with Crippen molar-refractivity contribution >= 4 is 17.7 Å². The van der Waals surface area contributed by atoms with Crippen LogP contribution in [0, 0.1) is 0 Å². The quantitative estimate of drug-likeness (QED) is 0.458. The highest BCUT2D eigenvalue weighted by Crippen LogP contribution is 2.34. The standard InChI is InChI=1S/C17H23N3O4/c1-3-4-10-19-12-15(22)20(11-14(21)18-24)16(23)17(19,2)13-8-6-5-7-9-13/h5-9,24H,3-4,10-12H2,1-2H3,(H,18,21). The fourth-order valence-electron chi connectivity index (χ4n) is 2.98. The fraction of sp³-hybridized carbons (Fsp3) is 0.471. The van der Waals surface area contributed by atoms with Gasteiger partial charge in [0.05, 0.1) is 6.54 Å². The Hall–Kier alpha value is -2.25. The molecule has 1 aromatic carbocycles. The SMILES string of the molecule is CCCCN1CC(=O)N(CC(=O)NO)C(=O)C1(C)c1ccccc1. The van der Waals surface area contributed by atoms with E-state index in [0.717, 1.165) is 23.3 Å². The van der Waals surface area contributed by atoms with Crippen LogP contribution in [0.3, 0.4) is 0 Å². The third-order valence-corrected chi connectivity index (χ3v) is 4.47. The molecule has 1 aliphatic heterocycles. The van der Waals surface area contributed by atoms with Gasteiger partial charge in [-0.15, -0.1) is 0 Å². The van der Waals surface area contributed by atoms with E-state index in [9.17, 15) is 14.4 Å². The van der Waals surface area contributed by atoms with Gasteiger partial charge in [0.2, 0.25) is 5.91 Å². The van der Waals surface area contributed by atoms with E-state index < -0.39 is 29.8 Å². The lowest BCUT2D eigenvalue weighted by Gasteiger charge is -2.46.